The van der Waals surface area contributed by atoms with Crippen LogP contribution in [0.2, 0.25) is 0 Å². The first-order chi connectivity index (χ1) is 12.2. The molecule has 8 nitrogen and oxygen atoms in total. The average Bonchev–Trinajstić information content (AvgIpc) is 3.01. The van der Waals surface area contributed by atoms with Gasteiger partial charge in [-0.15, -0.1) is 0 Å². The third-order valence-electron chi connectivity index (χ3n) is 4.56. The molecule has 2 unspecified atom stereocenters. The van der Waals surface area contributed by atoms with E-state index in [0.717, 1.165) is 10.0 Å². The highest BCUT2D eigenvalue weighted by Gasteiger charge is 2.39. The maximum Gasteiger partial charge on any atom is 0.259 e. The summed E-state index contributed by atoms with van der Waals surface area (Å²) in [6.45, 7) is 3.26. The molecule has 0 aliphatic carbocycles. The zero-order chi connectivity index (χ0) is 19.2. The van der Waals surface area contributed by atoms with Crippen molar-refractivity contribution in [3.8, 4) is 0 Å². The number of carbonyl (C=O) groups is 4. The summed E-state index contributed by atoms with van der Waals surface area (Å²) < 4.78 is 0. The molecular weight excluding hydrogens is 336 g/mol. The Morgan fingerprint density at radius 1 is 0.769 bits per heavy atom. The van der Waals surface area contributed by atoms with Gasteiger partial charge in [-0.1, -0.05) is 24.3 Å². The van der Waals surface area contributed by atoms with Crippen LogP contribution in [0.5, 0.6) is 0 Å². The fourth-order valence-corrected chi connectivity index (χ4v) is 3.15. The molecule has 8 heteroatoms. The van der Waals surface area contributed by atoms with Gasteiger partial charge in [0, 0.05) is 25.2 Å². The number of amides is 2. The molecule has 0 fully saturated rings. The van der Waals surface area contributed by atoms with Crippen LogP contribution in [0.3, 0.4) is 0 Å². The number of rotatable bonds is 4. The summed E-state index contributed by atoms with van der Waals surface area (Å²) in [6.07, 6.45) is 0. The van der Waals surface area contributed by atoms with Crippen molar-refractivity contribution in [2.75, 3.05) is 14.1 Å². The summed E-state index contributed by atoms with van der Waals surface area (Å²) in [5, 5.41) is 10.3. The molecule has 1 aromatic rings. The Morgan fingerprint density at radius 2 is 1.08 bits per heavy atom. The smallest absolute Gasteiger partial charge is 0.259 e. The Bertz CT molecular complexity index is 812. The number of benzene rings is 1. The third-order valence-corrected chi connectivity index (χ3v) is 4.56. The quantitative estimate of drug-likeness (QED) is 0.594. The van der Waals surface area contributed by atoms with Gasteiger partial charge in [-0.25, -0.2) is 10.0 Å². The van der Waals surface area contributed by atoms with Crippen LogP contribution in [0, 0.1) is 11.8 Å². The largest absolute Gasteiger partial charge is 0.293 e. The van der Waals surface area contributed by atoms with Crippen molar-refractivity contribution in [2.24, 2.45) is 22.0 Å². The first kappa shape index (κ1) is 17.7. The van der Waals surface area contributed by atoms with Crippen LogP contribution in [-0.2, 0) is 9.59 Å². The van der Waals surface area contributed by atoms with Crippen molar-refractivity contribution in [1.82, 2.24) is 10.0 Å². The lowest BCUT2D eigenvalue weighted by atomic mass is 9.90. The molecule has 2 aliphatic rings. The minimum atomic E-state index is -0.930. The highest BCUT2D eigenvalue weighted by Crippen LogP contribution is 2.22. The second-order valence-electron chi connectivity index (χ2n) is 6.38. The molecular formula is C18H18N4O4. The van der Waals surface area contributed by atoms with E-state index in [2.05, 4.69) is 10.2 Å². The minimum absolute atomic E-state index is 0.310. The summed E-state index contributed by atoms with van der Waals surface area (Å²) >= 11 is 0. The first-order valence-electron chi connectivity index (χ1n) is 8.06. The van der Waals surface area contributed by atoms with Crippen molar-refractivity contribution in [3.63, 3.8) is 0 Å². The van der Waals surface area contributed by atoms with Gasteiger partial charge >= 0.3 is 0 Å². The van der Waals surface area contributed by atoms with Gasteiger partial charge in [0.05, 0.1) is 11.4 Å². The molecule has 134 valence electrons. The number of Topliss-reactive ketones (excluding diaryl/α,β-unsaturated/α-hetero) is 2. The van der Waals surface area contributed by atoms with E-state index in [1.807, 2.05) is 0 Å². The number of hydrogen-bond donors (Lipinski definition) is 0. The van der Waals surface area contributed by atoms with E-state index in [4.69, 9.17) is 0 Å². The summed E-state index contributed by atoms with van der Waals surface area (Å²) in [7, 11) is 3.00. The molecule has 2 amide bonds. The molecule has 0 aromatic heterocycles. The standard InChI is InChI=1S/C18H18N4O4/c1-9-13(17(25)21(3)19-9)15(23)11-5-7-12(8-6-11)16(24)14-10(2)20-22(4)18(14)26/h5-8,13-14H,1-4H3. The maximum atomic E-state index is 12.6. The predicted octanol–water partition coefficient (Wildman–Crippen LogP) is 0.980. The molecule has 0 N–H and O–H groups in total. The predicted molar refractivity (Wildman–Crippen MR) is 93.8 cm³/mol. The van der Waals surface area contributed by atoms with Crippen molar-refractivity contribution < 1.29 is 19.2 Å². The lowest BCUT2D eigenvalue weighted by Crippen LogP contribution is -2.31. The van der Waals surface area contributed by atoms with E-state index in [-0.39, 0.29) is 23.4 Å². The number of ketones is 2. The van der Waals surface area contributed by atoms with E-state index >= 15 is 0 Å². The van der Waals surface area contributed by atoms with E-state index in [0.29, 0.717) is 22.6 Å². The Hall–Kier alpha value is -3.16. The zero-order valence-electron chi connectivity index (χ0n) is 14.9. The lowest BCUT2D eigenvalue weighted by molar-refractivity contribution is -0.130. The van der Waals surface area contributed by atoms with Crippen LogP contribution in [0.4, 0.5) is 0 Å². The molecule has 0 spiro atoms. The van der Waals surface area contributed by atoms with E-state index < -0.39 is 11.8 Å². The SMILES string of the molecule is CC1=NN(C)C(=O)C1C(=O)c1ccc(C(=O)C2C(=O)N(C)N=C2C)cc1. The Kier molecular flexibility index (Phi) is 4.27. The fourth-order valence-electron chi connectivity index (χ4n) is 3.15. The Labute approximate surface area is 150 Å². The number of carbonyl (C=O) groups excluding carboxylic acids is 4. The van der Waals surface area contributed by atoms with Gasteiger partial charge < -0.3 is 0 Å². The fraction of sp³-hybridized carbons (Fsp3) is 0.333. The van der Waals surface area contributed by atoms with E-state index in [9.17, 15) is 19.2 Å². The van der Waals surface area contributed by atoms with E-state index in [1.54, 1.807) is 13.8 Å². The number of hydrogen-bond acceptors (Lipinski definition) is 6. The molecule has 0 saturated heterocycles. The molecule has 3 rings (SSSR count). The van der Waals surface area contributed by atoms with Gasteiger partial charge in [0.25, 0.3) is 11.8 Å². The van der Waals surface area contributed by atoms with Crippen LogP contribution in [0.1, 0.15) is 34.6 Å². The van der Waals surface area contributed by atoms with Crippen LogP contribution < -0.4 is 0 Å². The highest BCUT2D eigenvalue weighted by atomic mass is 16.2. The van der Waals surface area contributed by atoms with Gasteiger partial charge in [0.1, 0.15) is 11.8 Å². The van der Waals surface area contributed by atoms with Gasteiger partial charge in [-0.05, 0) is 13.8 Å². The summed E-state index contributed by atoms with van der Waals surface area (Å²) in [4.78, 5) is 49.3. The molecule has 1 aromatic carbocycles. The molecule has 0 radical (unpaired) electrons. The monoisotopic (exact) mass is 354 g/mol. The molecule has 0 saturated carbocycles. The van der Waals surface area contributed by atoms with Crippen molar-refractivity contribution in [2.45, 2.75) is 13.8 Å². The van der Waals surface area contributed by atoms with Gasteiger partial charge in [-0.3, -0.25) is 19.2 Å². The summed E-state index contributed by atoms with van der Waals surface area (Å²) in [6, 6.07) is 5.96. The Balaban J connectivity index is 1.81. The molecule has 0 bridgehead atoms. The van der Waals surface area contributed by atoms with Crippen LogP contribution in [0.15, 0.2) is 34.5 Å². The van der Waals surface area contributed by atoms with Gasteiger partial charge in [0.2, 0.25) is 0 Å². The van der Waals surface area contributed by atoms with Crippen molar-refractivity contribution in [3.05, 3.63) is 35.4 Å². The second-order valence-corrected chi connectivity index (χ2v) is 6.38. The molecule has 2 heterocycles. The average molecular weight is 354 g/mol. The number of nitrogens with zero attached hydrogens (tertiary/aromatic N) is 4. The summed E-state index contributed by atoms with van der Waals surface area (Å²) in [5.41, 5.74) is 1.50. The van der Waals surface area contributed by atoms with Crippen LogP contribution in [0.25, 0.3) is 0 Å². The first-order valence-corrected chi connectivity index (χ1v) is 8.06. The van der Waals surface area contributed by atoms with Crippen molar-refractivity contribution >= 4 is 34.8 Å². The summed E-state index contributed by atoms with van der Waals surface area (Å²) in [5.74, 6) is -3.34. The molecule has 2 aliphatic heterocycles. The zero-order valence-corrected chi connectivity index (χ0v) is 14.9. The maximum absolute atomic E-state index is 12.6. The van der Waals surface area contributed by atoms with Crippen molar-refractivity contribution in [1.29, 1.82) is 0 Å². The minimum Gasteiger partial charge on any atom is -0.293 e. The second kappa shape index (κ2) is 6.29. The van der Waals surface area contributed by atoms with E-state index in [1.165, 1.54) is 38.4 Å². The number of hydrazone groups is 2. The lowest BCUT2D eigenvalue weighted by Gasteiger charge is -2.11. The highest BCUT2D eigenvalue weighted by molar-refractivity contribution is 6.27. The van der Waals surface area contributed by atoms with Crippen LogP contribution in [-0.4, -0.2) is 58.9 Å². The Morgan fingerprint density at radius 3 is 1.31 bits per heavy atom. The van der Waals surface area contributed by atoms with Crippen LogP contribution >= 0.6 is 0 Å². The molecule has 2 atom stereocenters. The van der Waals surface area contributed by atoms with Gasteiger partial charge in [0.15, 0.2) is 11.6 Å². The topological polar surface area (TPSA) is 99.5 Å². The normalized spacial score (nSPS) is 22.6. The third kappa shape index (κ3) is 2.73. The van der Waals surface area contributed by atoms with Gasteiger partial charge in [-0.2, -0.15) is 10.2 Å². The molecule has 26 heavy (non-hydrogen) atoms.